The highest BCUT2D eigenvalue weighted by Crippen LogP contribution is 2.12. The van der Waals surface area contributed by atoms with E-state index in [4.69, 9.17) is 0 Å². The van der Waals surface area contributed by atoms with Crippen molar-refractivity contribution in [2.45, 2.75) is 44.9 Å². The van der Waals surface area contributed by atoms with Gasteiger partial charge in [0.15, 0.2) is 0 Å². The molecule has 0 atom stereocenters. The maximum atomic E-state index is 11.7. The van der Waals surface area contributed by atoms with Crippen LogP contribution in [0.5, 0.6) is 5.75 Å². The third kappa shape index (κ3) is 9.64. The molecule has 2 amide bonds. The number of para-hydroxylation sites is 1. The molecule has 0 aliphatic rings. The molecule has 0 bridgehead atoms. The number of nitrogens with zero attached hydrogens (tertiary/aromatic N) is 2. The van der Waals surface area contributed by atoms with Crippen molar-refractivity contribution in [3.63, 3.8) is 0 Å². The molecule has 0 spiro atoms. The Kier molecular flexibility index (Phi) is 10.4. The van der Waals surface area contributed by atoms with Crippen LogP contribution in [0.4, 0.5) is 0 Å². The average molecular weight is 409 g/mol. The van der Waals surface area contributed by atoms with Gasteiger partial charge in [0.2, 0.25) is 11.8 Å². The number of nitrogens with one attached hydrogen (secondary N) is 2. The summed E-state index contributed by atoms with van der Waals surface area (Å²) in [4.78, 5) is 23.5. The first kappa shape index (κ1) is 22.8. The maximum absolute atomic E-state index is 11.7. The van der Waals surface area contributed by atoms with Gasteiger partial charge in [-0.25, -0.2) is 10.9 Å². The Hall–Kier alpha value is -3.48. The van der Waals surface area contributed by atoms with Gasteiger partial charge < -0.3 is 5.11 Å². The Labute approximate surface area is 176 Å². The summed E-state index contributed by atoms with van der Waals surface area (Å²) in [7, 11) is 0. The molecule has 0 aromatic heterocycles. The van der Waals surface area contributed by atoms with E-state index in [1.807, 2.05) is 30.3 Å². The third-order valence-corrected chi connectivity index (χ3v) is 4.34. The van der Waals surface area contributed by atoms with Crippen LogP contribution in [0.15, 0.2) is 64.8 Å². The lowest BCUT2D eigenvalue weighted by molar-refractivity contribution is -0.121. The summed E-state index contributed by atoms with van der Waals surface area (Å²) in [5.74, 6) is -0.131. The molecule has 3 N–H and O–H groups in total. The molecule has 7 nitrogen and oxygen atoms in total. The predicted molar refractivity (Wildman–Crippen MR) is 118 cm³/mol. The topological polar surface area (TPSA) is 103 Å². The first-order chi connectivity index (χ1) is 14.6. The van der Waals surface area contributed by atoms with Crippen LogP contribution >= 0.6 is 0 Å². The van der Waals surface area contributed by atoms with Gasteiger partial charge in [-0.15, -0.1) is 0 Å². The van der Waals surface area contributed by atoms with Gasteiger partial charge in [-0.05, 0) is 30.5 Å². The predicted octanol–water partition coefficient (Wildman–Crippen LogP) is 3.72. The van der Waals surface area contributed by atoms with E-state index in [2.05, 4.69) is 21.1 Å². The fraction of sp³-hybridized carbons (Fsp3) is 0.304. The summed E-state index contributed by atoms with van der Waals surface area (Å²) in [6.45, 7) is 0. The third-order valence-electron chi connectivity index (χ3n) is 4.34. The van der Waals surface area contributed by atoms with E-state index in [1.165, 1.54) is 6.21 Å². The first-order valence-electron chi connectivity index (χ1n) is 10.1. The normalized spacial score (nSPS) is 11.1. The van der Waals surface area contributed by atoms with Crippen molar-refractivity contribution in [3.8, 4) is 5.75 Å². The zero-order valence-electron chi connectivity index (χ0n) is 17.0. The van der Waals surface area contributed by atoms with E-state index in [9.17, 15) is 14.7 Å². The van der Waals surface area contributed by atoms with Crippen molar-refractivity contribution >= 4 is 24.2 Å². The summed E-state index contributed by atoms with van der Waals surface area (Å²) in [6, 6.07) is 16.3. The van der Waals surface area contributed by atoms with Gasteiger partial charge in [0.1, 0.15) is 5.75 Å². The molecule has 2 rings (SSSR count). The van der Waals surface area contributed by atoms with E-state index in [0.717, 1.165) is 37.7 Å². The summed E-state index contributed by atoms with van der Waals surface area (Å²) in [5, 5.41) is 17.4. The molecule has 7 heteroatoms. The number of benzene rings is 2. The first-order valence-corrected chi connectivity index (χ1v) is 10.1. The molecule has 30 heavy (non-hydrogen) atoms. The number of hydrazone groups is 2. The number of phenolic OH excluding ortho intramolecular Hbond substituents is 1. The molecular formula is C23H28N4O3. The molecule has 0 heterocycles. The monoisotopic (exact) mass is 408 g/mol. The standard InChI is InChI=1S/C23H28N4O3/c28-21-14-10-9-13-20(21)18-25-27-23(30)16-8-3-1-2-7-15-22(29)26-24-17-19-11-5-4-6-12-19/h4-6,9-14,17-18,28H,1-3,7-8,15-16H2,(H,26,29)(H,27,30)/b24-17-,25-18-. The Morgan fingerprint density at radius 1 is 0.733 bits per heavy atom. The summed E-state index contributed by atoms with van der Waals surface area (Å²) in [5.41, 5.74) is 6.48. The van der Waals surface area contributed by atoms with Crippen molar-refractivity contribution in [2.24, 2.45) is 10.2 Å². The van der Waals surface area contributed by atoms with Crippen molar-refractivity contribution in [2.75, 3.05) is 0 Å². The van der Waals surface area contributed by atoms with Crippen molar-refractivity contribution in [1.82, 2.24) is 10.9 Å². The number of phenols is 1. The molecule has 0 radical (unpaired) electrons. The van der Waals surface area contributed by atoms with Crippen LogP contribution < -0.4 is 10.9 Å². The zero-order chi connectivity index (χ0) is 21.4. The minimum absolute atomic E-state index is 0.0936. The van der Waals surface area contributed by atoms with E-state index in [-0.39, 0.29) is 17.6 Å². The second kappa shape index (κ2) is 13.7. The number of amides is 2. The molecule has 0 fully saturated rings. The smallest absolute Gasteiger partial charge is 0.240 e. The second-order valence-electron chi connectivity index (χ2n) is 6.82. The van der Waals surface area contributed by atoms with Gasteiger partial charge in [-0.1, -0.05) is 61.7 Å². The number of unbranched alkanes of at least 4 members (excludes halogenated alkanes) is 4. The lowest BCUT2D eigenvalue weighted by Crippen LogP contribution is -2.17. The molecule has 2 aromatic carbocycles. The highest BCUT2D eigenvalue weighted by molar-refractivity contribution is 5.85. The van der Waals surface area contributed by atoms with Crippen molar-refractivity contribution in [1.29, 1.82) is 0 Å². The molecule has 0 aliphatic carbocycles. The van der Waals surface area contributed by atoms with Gasteiger partial charge in [0, 0.05) is 18.4 Å². The van der Waals surface area contributed by atoms with Gasteiger partial charge in [-0.3, -0.25) is 9.59 Å². The minimum atomic E-state index is -0.155. The van der Waals surface area contributed by atoms with Crippen molar-refractivity contribution < 1.29 is 14.7 Å². The Balaban J connectivity index is 1.46. The highest BCUT2D eigenvalue weighted by Gasteiger charge is 2.02. The average Bonchev–Trinajstić information content (AvgIpc) is 2.75. The van der Waals surface area contributed by atoms with Crippen LogP contribution in [0.2, 0.25) is 0 Å². The second-order valence-corrected chi connectivity index (χ2v) is 6.82. The van der Waals surface area contributed by atoms with Crippen LogP contribution in [0.1, 0.15) is 56.1 Å². The lowest BCUT2D eigenvalue weighted by atomic mass is 10.1. The van der Waals surface area contributed by atoms with Gasteiger partial charge in [0.25, 0.3) is 0 Å². The fourth-order valence-electron chi connectivity index (χ4n) is 2.70. The van der Waals surface area contributed by atoms with E-state index in [0.29, 0.717) is 18.4 Å². The maximum Gasteiger partial charge on any atom is 0.240 e. The molecule has 0 unspecified atom stereocenters. The lowest BCUT2D eigenvalue weighted by Gasteiger charge is -2.02. The number of carbonyl (C=O) groups excluding carboxylic acids is 2. The van der Waals surface area contributed by atoms with Crippen LogP contribution in [0.3, 0.4) is 0 Å². The van der Waals surface area contributed by atoms with Gasteiger partial charge >= 0.3 is 0 Å². The van der Waals surface area contributed by atoms with E-state index < -0.39 is 0 Å². The van der Waals surface area contributed by atoms with E-state index in [1.54, 1.807) is 30.5 Å². The van der Waals surface area contributed by atoms with Crippen LogP contribution in [0, 0.1) is 0 Å². The summed E-state index contributed by atoms with van der Waals surface area (Å²) >= 11 is 0. The number of hydrogen-bond acceptors (Lipinski definition) is 5. The molecule has 2 aromatic rings. The number of hydrogen-bond donors (Lipinski definition) is 3. The molecular weight excluding hydrogens is 380 g/mol. The van der Waals surface area contributed by atoms with Gasteiger partial charge in [-0.2, -0.15) is 10.2 Å². The van der Waals surface area contributed by atoms with Crippen LogP contribution in [-0.4, -0.2) is 29.4 Å². The van der Waals surface area contributed by atoms with Crippen LogP contribution in [0.25, 0.3) is 0 Å². The Bertz CT molecular complexity index is 851. The summed E-state index contributed by atoms with van der Waals surface area (Å²) in [6.07, 6.45) is 8.26. The fourth-order valence-corrected chi connectivity index (χ4v) is 2.70. The minimum Gasteiger partial charge on any atom is -0.507 e. The Morgan fingerprint density at radius 3 is 1.90 bits per heavy atom. The molecule has 158 valence electrons. The van der Waals surface area contributed by atoms with Gasteiger partial charge in [0.05, 0.1) is 12.4 Å². The molecule has 0 aliphatic heterocycles. The number of aromatic hydroxyl groups is 1. The van der Waals surface area contributed by atoms with E-state index >= 15 is 0 Å². The number of rotatable bonds is 12. The number of carbonyl (C=O) groups is 2. The molecule has 0 saturated carbocycles. The zero-order valence-corrected chi connectivity index (χ0v) is 17.0. The summed E-state index contributed by atoms with van der Waals surface area (Å²) < 4.78 is 0. The Morgan fingerprint density at radius 2 is 1.27 bits per heavy atom. The van der Waals surface area contributed by atoms with Crippen molar-refractivity contribution in [3.05, 3.63) is 65.7 Å². The van der Waals surface area contributed by atoms with Crippen LogP contribution in [-0.2, 0) is 9.59 Å². The molecule has 0 saturated heterocycles. The highest BCUT2D eigenvalue weighted by atomic mass is 16.3. The largest absolute Gasteiger partial charge is 0.507 e. The SMILES string of the molecule is O=C(CCCCCCCC(=O)N/N=C\c1ccccc1O)N/N=C\c1ccccc1. The quantitative estimate of drug-likeness (QED) is 0.283.